The molecule has 0 saturated carbocycles. The SMILES string of the molecule is Oc1cncc(-c2ccc3[nH]nc(-c4nc5nccc(-c6ccsc6)c5[nH]4)c3c2)c1. The number of aromatic amines is 2. The molecule has 5 heterocycles. The molecule has 0 aliphatic rings. The quantitative estimate of drug-likeness (QED) is 0.381. The molecule has 0 bridgehead atoms. The summed E-state index contributed by atoms with van der Waals surface area (Å²) < 4.78 is 0. The van der Waals surface area contributed by atoms with Gasteiger partial charge in [0, 0.05) is 28.9 Å². The Labute approximate surface area is 174 Å². The van der Waals surface area contributed by atoms with Crippen LogP contribution < -0.4 is 0 Å². The lowest BCUT2D eigenvalue weighted by molar-refractivity contribution is 0.473. The number of nitrogens with zero attached hydrogens (tertiary/aromatic N) is 4. The van der Waals surface area contributed by atoms with Crippen LogP contribution in [0.4, 0.5) is 0 Å². The number of nitrogens with one attached hydrogen (secondary N) is 2. The molecule has 30 heavy (non-hydrogen) atoms. The largest absolute Gasteiger partial charge is 0.506 e. The summed E-state index contributed by atoms with van der Waals surface area (Å²) in [6.45, 7) is 0. The third-order valence-corrected chi connectivity index (χ3v) is 5.75. The van der Waals surface area contributed by atoms with Crippen LogP contribution in [0.1, 0.15) is 0 Å². The molecule has 0 saturated heterocycles. The molecule has 0 amide bonds. The van der Waals surface area contributed by atoms with Crippen LogP contribution in [-0.4, -0.2) is 35.2 Å². The standard InChI is InChI=1S/C22H14N6OS/c29-15-7-14(9-23-10-15)12-1-2-18-17(8-12)20(28-27-18)22-25-19-16(13-4-6-30-11-13)3-5-24-21(19)26-22/h1-11,29H,(H,27,28)(H,24,25,26). The van der Waals surface area contributed by atoms with Crippen LogP contribution in [0.25, 0.3) is 55.8 Å². The van der Waals surface area contributed by atoms with Crippen molar-refractivity contribution in [2.24, 2.45) is 0 Å². The van der Waals surface area contributed by atoms with Crippen LogP contribution in [-0.2, 0) is 0 Å². The molecule has 6 rings (SSSR count). The van der Waals surface area contributed by atoms with E-state index in [4.69, 9.17) is 4.98 Å². The second-order valence-corrected chi connectivity index (χ2v) is 7.70. The lowest BCUT2D eigenvalue weighted by Gasteiger charge is -2.02. The summed E-state index contributed by atoms with van der Waals surface area (Å²) in [7, 11) is 0. The first-order valence-electron chi connectivity index (χ1n) is 9.26. The van der Waals surface area contributed by atoms with Gasteiger partial charge in [-0.1, -0.05) is 6.07 Å². The van der Waals surface area contributed by atoms with E-state index in [-0.39, 0.29) is 5.75 Å². The lowest BCUT2D eigenvalue weighted by atomic mass is 10.0. The van der Waals surface area contributed by atoms with Gasteiger partial charge in [-0.25, -0.2) is 9.97 Å². The molecule has 7 nitrogen and oxygen atoms in total. The van der Waals surface area contributed by atoms with E-state index in [0.717, 1.165) is 38.7 Å². The highest BCUT2D eigenvalue weighted by molar-refractivity contribution is 7.08. The van der Waals surface area contributed by atoms with Crippen LogP contribution in [0, 0.1) is 0 Å². The van der Waals surface area contributed by atoms with Crippen LogP contribution in [0.3, 0.4) is 0 Å². The van der Waals surface area contributed by atoms with Gasteiger partial charge in [-0.05, 0) is 52.2 Å². The van der Waals surface area contributed by atoms with Gasteiger partial charge >= 0.3 is 0 Å². The molecule has 0 fully saturated rings. The van der Waals surface area contributed by atoms with Gasteiger partial charge in [0.1, 0.15) is 11.4 Å². The Morgan fingerprint density at radius 3 is 2.80 bits per heavy atom. The average Bonchev–Trinajstić information content (AvgIpc) is 3.51. The first kappa shape index (κ1) is 16.9. The predicted molar refractivity (Wildman–Crippen MR) is 117 cm³/mol. The molecule has 6 aromatic rings. The summed E-state index contributed by atoms with van der Waals surface area (Å²) in [6, 6.07) is 11.7. The van der Waals surface area contributed by atoms with Gasteiger partial charge in [0.25, 0.3) is 0 Å². The highest BCUT2D eigenvalue weighted by atomic mass is 32.1. The first-order chi connectivity index (χ1) is 14.8. The first-order valence-corrected chi connectivity index (χ1v) is 10.2. The summed E-state index contributed by atoms with van der Waals surface area (Å²) in [5, 5.41) is 22.4. The van der Waals surface area contributed by atoms with Crippen LogP contribution >= 0.6 is 11.3 Å². The Bertz CT molecular complexity index is 1520. The minimum absolute atomic E-state index is 0.129. The number of rotatable bonds is 3. The predicted octanol–water partition coefficient (Wildman–Crippen LogP) is 5.00. The van der Waals surface area contributed by atoms with Crippen molar-refractivity contribution < 1.29 is 5.11 Å². The minimum Gasteiger partial charge on any atom is -0.506 e. The molecule has 1 aromatic carbocycles. The summed E-state index contributed by atoms with van der Waals surface area (Å²) in [5.41, 5.74) is 7.10. The number of thiophene rings is 1. The number of imidazole rings is 1. The molecular formula is C22H14N6OS. The molecule has 3 N–H and O–H groups in total. The van der Waals surface area contributed by atoms with Gasteiger partial charge in [0.2, 0.25) is 0 Å². The van der Waals surface area contributed by atoms with Crippen molar-refractivity contribution in [3.8, 4) is 39.5 Å². The molecule has 144 valence electrons. The number of hydrogen-bond donors (Lipinski definition) is 3. The van der Waals surface area contributed by atoms with E-state index < -0.39 is 0 Å². The van der Waals surface area contributed by atoms with E-state index in [1.165, 1.54) is 6.20 Å². The maximum atomic E-state index is 9.76. The number of H-pyrrole nitrogens is 2. The number of aromatic hydroxyl groups is 1. The topological polar surface area (TPSA) is 103 Å². The maximum absolute atomic E-state index is 9.76. The Kier molecular flexibility index (Phi) is 3.65. The van der Waals surface area contributed by atoms with E-state index in [1.54, 1.807) is 29.8 Å². The highest BCUT2D eigenvalue weighted by Crippen LogP contribution is 2.33. The normalized spacial score (nSPS) is 11.5. The third kappa shape index (κ3) is 2.66. The number of pyridine rings is 2. The van der Waals surface area contributed by atoms with Gasteiger partial charge in [0.15, 0.2) is 11.5 Å². The Morgan fingerprint density at radius 1 is 0.967 bits per heavy atom. The van der Waals surface area contributed by atoms with Crippen molar-refractivity contribution in [2.45, 2.75) is 0 Å². The van der Waals surface area contributed by atoms with Crippen molar-refractivity contribution in [2.75, 3.05) is 0 Å². The molecule has 0 aliphatic carbocycles. The maximum Gasteiger partial charge on any atom is 0.178 e. The number of aromatic nitrogens is 6. The van der Waals surface area contributed by atoms with E-state index in [1.807, 2.05) is 24.3 Å². The monoisotopic (exact) mass is 410 g/mol. The zero-order chi connectivity index (χ0) is 20.1. The lowest BCUT2D eigenvalue weighted by Crippen LogP contribution is -1.83. The molecule has 5 aromatic heterocycles. The number of hydrogen-bond acceptors (Lipinski definition) is 6. The minimum atomic E-state index is 0.129. The average molecular weight is 410 g/mol. The van der Waals surface area contributed by atoms with E-state index in [9.17, 15) is 5.11 Å². The summed E-state index contributed by atoms with van der Waals surface area (Å²) >= 11 is 1.65. The van der Waals surface area contributed by atoms with Gasteiger partial charge in [0.05, 0.1) is 17.2 Å². The second-order valence-electron chi connectivity index (χ2n) is 6.92. The Balaban J connectivity index is 1.52. The van der Waals surface area contributed by atoms with Gasteiger partial charge in [-0.2, -0.15) is 16.4 Å². The summed E-state index contributed by atoms with van der Waals surface area (Å²) in [5.74, 6) is 0.780. The van der Waals surface area contributed by atoms with Crippen molar-refractivity contribution in [1.82, 2.24) is 30.1 Å². The number of fused-ring (bicyclic) bond motifs is 2. The van der Waals surface area contributed by atoms with Crippen molar-refractivity contribution in [1.29, 1.82) is 0 Å². The van der Waals surface area contributed by atoms with Crippen molar-refractivity contribution in [3.63, 3.8) is 0 Å². The fourth-order valence-electron chi connectivity index (χ4n) is 3.64. The summed E-state index contributed by atoms with van der Waals surface area (Å²) in [6.07, 6.45) is 4.91. The van der Waals surface area contributed by atoms with Gasteiger partial charge < -0.3 is 10.1 Å². The van der Waals surface area contributed by atoms with Gasteiger partial charge in [-0.15, -0.1) is 0 Å². The molecule has 0 radical (unpaired) electrons. The van der Waals surface area contributed by atoms with E-state index >= 15 is 0 Å². The third-order valence-electron chi connectivity index (χ3n) is 5.07. The zero-order valence-electron chi connectivity index (χ0n) is 15.5. The van der Waals surface area contributed by atoms with E-state index in [0.29, 0.717) is 17.2 Å². The van der Waals surface area contributed by atoms with Crippen molar-refractivity contribution >= 4 is 33.4 Å². The van der Waals surface area contributed by atoms with E-state index in [2.05, 4.69) is 42.0 Å². The smallest absolute Gasteiger partial charge is 0.178 e. The van der Waals surface area contributed by atoms with Crippen LogP contribution in [0.5, 0.6) is 5.75 Å². The molecule has 0 spiro atoms. The zero-order valence-corrected chi connectivity index (χ0v) is 16.3. The van der Waals surface area contributed by atoms with Crippen molar-refractivity contribution in [3.05, 3.63) is 65.7 Å². The second kappa shape index (κ2) is 6.50. The molecule has 8 heteroatoms. The fourth-order valence-corrected chi connectivity index (χ4v) is 4.30. The van der Waals surface area contributed by atoms with Crippen LogP contribution in [0.15, 0.2) is 65.7 Å². The molecule has 0 aliphatic heterocycles. The molecule has 0 unspecified atom stereocenters. The Hall–Kier alpha value is -4.04. The number of benzene rings is 1. The highest BCUT2D eigenvalue weighted by Gasteiger charge is 2.16. The molecular weight excluding hydrogens is 396 g/mol. The van der Waals surface area contributed by atoms with Crippen LogP contribution in [0.2, 0.25) is 0 Å². The molecule has 0 atom stereocenters. The Morgan fingerprint density at radius 2 is 1.93 bits per heavy atom. The fraction of sp³-hybridized carbons (Fsp3) is 0. The summed E-state index contributed by atoms with van der Waals surface area (Å²) in [4.78, 5) is 16.6. The van der Waals surface area contributed by atoms with Gasteiger partial charge in [-0.3, -0.25) is 10.1 Å².